The van der Waals surface area contributed by atoms with Gasteiger partial charge in [-0.1, -0.05) is 109 Å². The van der Waals surface area contributed by atoms with Crippen LogP contribution < -0.4 is 0 Å². The quantitative estimate of drug-likeness (QED) is 0.222. The molecule has 0 aliphatic heterocycles. The maximum absolute atomic E-state index is 5.11. The molecule has 0 bridgehead atoms. The topological polar surface area (TPSA) is 38.7 Å². The fraction of sp³-hybridized carbons (Fsp3) is 0. The molecule has 0 amide bonds. The second-order valence-electron chi connectivity index (χ2n) is 10.1. The van der Waals surface area contributed by atoms with Gasteiger partial charge < -0.3 is 0 Å². The van der Waals surface area contributed by atoms with E-state index in [0.717, 1.165) is 60.8 Å². The summed E-state index contributed by atoms with van der Waals surface area (Å²) in [5.41, 5.74) is 10.1. The van der Waals surface area contributed by atoms with Gasteiger partial charge in [-0.3, -0.25) is 0 Å². The average Bonchev–Trinajstić information content (AvgIpc) is 3.50. The third kappa shape index (κ3) is 4.26. The van der Waals surface area contributed by atoms with Crippen LogP contribution in [0, 0.1) is 0 Å². The maximum atomic E-state index is 5.11. The van der Waals surface area contributed by atoms with E-state index in [1.165, 1.54) is 15.5 Å². The summed E-state index contributed by atoms with van der Waals surface area (Å²) in [6.07, 6.45) is 0. The van der Waals surface area contributed by atoms with Crippen molar-refractivity contribution in [3.05, 3.63) is 140 Å². The molecule has 8 aromatic rings. The molecule has 0 fully saturated rings. The Labute approximate surface area is 241 Å². The van der Waals surface area contributed by atoms with Crippen molar-refractivity contribution in [3.63, 3.8) is 0 Å². The van der Waals surface area contributed by atoms with Crippen molar-refractivity contribution in [2.24, 2.45) is 0 Å². The van der Waals surface area contributed by atoms with E-state index in [-0.39, 0.29) is 0 Å². The van der Waals surface area contributed by atoms with Crippen LogP contribution in [0.1, 0.15) is 0 Å². The molecule has 6 aromatic carbocycles. The highest BCUT2D eigenvalue weighted by Gasteiger charge is 2.15. The Balaban J connectivity index is 1.27. The molecular formula is C37H23N3S. The van der Waals surface area contributed by atoms with Crippen molar-refractivity contribution in [2.75, 3.05) is 0 Å². The molecule has 4 heteroatoms. The first-order chi connectivity index (χ1) is 20.3. The number of para-hydroxylation sites is 2. The average molecular weight is 542 g/mol. The van der Waals surface area contributed by atoms with Crippen molar-refractivity contribution in [3.8, 4) is 44.2 Å². The Bertz CT molecular complexity index is 2200. The van der Waals surface area contributed by atoms with Crippen LogP contribution in [-0.4, -0.2) is 15.0 Å². The lowest BCUT2D eigenvalue weighted by Crippen LogP contribution is -1.95. The van der Waals surface area contributed by atoms with Crippen LogP contribution in [0.25, 0.3) is 76.2 Å². The van der Waals surface area contributed by atoms with Gasteiger partial charge in [0.1, 0.15) is 5.01 Å². The molecule has 0 N–H and O–H groups in total. The van der Waals surface area contributed by atoms with Crippen LogP contribution >= 0.6 is 11.3 Å². The lowest BCUT2D eigenvalue weighted by molar-refractivity contribution is 1.29. The second kappa shape index (κ2) is 9.77. The molecule has 0 atom stereocenters. The molecule has 2 aromatic heterocycles. The summed E-state index contributed by atoms with van der Waals surface area (Å²) < 4.78 is 1.21. The highest BCUT2D eigenvalue weighted by molar-refractivity contribution is 7.22. The van der Waals surface area contributed by atoms with Crippen LogP contribution in [0.15, 0.2) is 140 Å². The first kappa shape index (κ1) is 23.7. The number of thiazole rings is 1. The van der Waals surface area contributed by atoms with E-state index >= 15 is 0 Å². The highest BCUT2D eigenvalue weighted by atomic mass is 32.1. The summed E-state index contributed by atoms with van der Waals surface area (Å²) in [6, 6.07) is 48.4. The first-order valence-electron chi connectivity index (χ1n) is 13.6. The number of fused-ring (bicyclic) bond motifs is 4. The smallest absolute Gasteiger partial charge is 0.124 e. The molecule has 0 saturated carbocycles. The van der Waals surface area contributed by atoms with Gasteiger partial charge in [-0.2, -0.15) is 0 Å². The minimum Gasteiger partial charge on any atom is -0.244 e. The molecule has 0 unspecified atom stereocenters. The monoisotopic (exact) mass is 541 g/mol. The molecule has 0 aliphatic carbocycles. The Hall–Kier alpha value is -5.19. The molecule has 0 radical (unpaired) electrons. The summed E-state index contributed by atoms with van der Waals surface area (Å²) in [4.78, 5) is 15.1. The van der Waals surface area contributed by atoms with Gasteiger partial charge in [0.2, 0.25) is 0 Å². The molecule has 41 heavy (non-hydrogen) atoms. The molecular weight excluding hydrogens is 518 g/mol. The van der Waals surface area contributed by atoms with Gasteiger partial charge in [0.05, 0.1) is 32.6 Å². The standard InChI is InChI=1S/C37H23N3S/c1-3-10-25(11-4-1)34-35(39-32-17-8-7-16-31(32)38-34)29-15-9-14-27(22-29)28-19-18-24-20-21-33-36(30(24)23-28)41-37(40-33)26-12-5-2-6-13-26/h1-23H. The van der Waals surface area contributed by atoms with E-state index in [0.29, 0.717) is 0 Å². The van der Waals surface area contributed by atoms with Gasteiger partial charge in [0.25, 0.3) is 0 Å². The van der Waals surface area contributed by atoms with Crippen LogP contribution in [0.3, 0.4) is 0 Å². The number of benzene rings is 6. The molecule has 192 valence electrons. The Morgan fingerprint density at radius 3 is 1.73 bits per heavy atom. The molecule has 0 saturated heterocycles. The second-order valence-corrected chi connectivity index (χ2v) is 11.1. The fourth-order valence-electron chi connectivity index (χ4n) is 5.43. The van der Waals surface area contributed by atoms with Gasteiger partial charge in [-0.25, -0.2) is 15.0 Å². The number of hydrogen-bond donors (Lipinski definition) is 0. The van der Waals surface area contributed by atoms with E-state index in [4.69, 9.17) is 15.0 Å². The zero-order chi connectivity index (χ0) is 27.2. The number of aromatic nitrogens is 3. The predicted octanol–water partition coefficient (Wildman–Crippen LogP) is 10.1. The summed E-state index contributed by atoms with van der Waals surface area (Å²) in [7, 11) is 0. The Kier molecular flexibility index (Phi) is 5.64. The van der Waals surface area contributed by atoms with Gasteiger partial charge in [0.15, 0.2) is 0 Å². The van der Waals surface area contributed by atoms with Crippen LogP contribution in [0.2, 0.25) is 0 Å². The van der Waals surface area contributed by atoms with Crippen molar-refractivity contribution >= 4 is 43.4 Å². The number of hydrogen-bond acceptors (Lipinski definition) is 4. The zero-order valence-electron chi connectivity index (χ0n) is 22.0. The summed E-state index contributed by atoms with van der Waals surface area (Å²) in [6.45, 7) is 0. The summed E-state index contributed by atoms with van der Waals surface area (Å²) in [5.74, 6) is 0. The molecule has 2 heterocycles. The van der Waals surface area contributed by atoms with E-state index in [9.17, 15) is 0 Å². The third-order valence-corrected chi connectivity index (χ3v) is 8.63. The van der Waals surface area contributed by atoms with E-state index < -0.39 is 0 Å². The van der Waals surface area contributed by atoms with Gasteiger partial charge in [-0.15, -0.1) is 11.3 Å². The maximum Gasteiger partial charge on any atom is 0.124 e. The SMILES string of the molecule is c1ccc(-c2nc3ccc4ccc(-c5cccc(-c6nc7ccccc7nc6-c6ccccc6)c5)cc4c3s2)cc1. The molecule has 0 spiro atoms. The minimum atomic E-state index is 0.884. The zero-order valence-corrected chi connectivity index (χ0v) is 22.8. The molecule has 3 nitrogen and oxygen atoms in total. The lowest BCUT2D eigenvalue weighted by Gasteiger charge is -2.12. The largest absolute Gasteiger partial charge is 0.244 e. The van der Waals surface area contributed by atoms with Crippen molar-refractivity contribution < 1.29 is 0 Å². The van der Waals surface area contributed by atoms with Gasteiger partial charge in [-0.05, 0) is 46.8 Å². The normalized spacial score (nSPS) is 11.4. The van der Waals surface area contributed by atoms with Crippen molar-refractivity contribution in [1.29, 1.82) is 0 Å². The minimum absolute atomic E-state index is 0.884. The Morgan fingerprint density at radius 2 is 0.976 bits per heavy atom. The van der Waals surface area contributed by atoms with Crippen molar-refractivity contribution in [2.45, 2.75) is 0 Å². The van der Waals surface area contributed by atoms with Crippen molar-refractivity contribution in [1.82, 2.24) is 15.0 Å². The number of nitrogens with zero attached hydrogens (tertiary/aromatic N) is 3. The van der Waals surface area contributed by atoms with E-state index in [2.05, 4.69) is 91.0 Å². The Morgan fingerprint density at radius 1 is 0.390 bits per heavy atom. The summed E-state index contributed by atoms with van der Waals surface area (Å²) >= 11 is 1.76. The van der Waals surface area contributed by atoms with Gasteiger partial charge in [0, 0.05) is 22.1 Å². The number of rotatable bonds is 4. The lowest BCUT2D eigenvalue weighted by atomic mass is 9.97. The van der Waals surface area contributed by atoms with Crippen LogP contribution in [-0.2, 0) is 0 Å². The third-order valence-electron chi connectivity index (χ3n) is 7.48. The van der Waals surface area contributed by atoms with Crippen LogP contribution in [0.4, 0.5) is 0 Å². The fourth-order valence-corrected chi connectivity index (χ4v) is 6.53. The summed E-state index contributed by atoms with van der Waals surface area (Å²) in [5, 5.41) is 3.48. The predicted molar refractivity (Wildman–Crippen MR) is 172 cm³/mol. The van der Waals surface area contributed by atoms with E-state index in [1.807, 2.05) is 48.5 Å². The highest BCUT2D eigenvalue weighted by Crippen LogP contribution is 2.38. The first-order valence-corrected chi connectivity index (χ1v) is 14.4. The van der Waals surface area contributed by atoms with E-state index in [1.54, 1.807) is 11.3 Å². The van der Waals surface area contributed by atoms with Gasteiger partial charge >= 0.3 is 0 Å². The van der Waals surface area contributed by atoms with Crippen LogP contribution in [0.5, 0.6) is 0 Å². The molecule has 8 rings (SSSR count). The molecule has 0 aliphatic rings.